The summed E-state index contributed by atoms with van der Waals surface area (Å²) in [5, 5.41) is 0. The quantitative estimate of drug-likeness (QED) is 0.390. The van der Waals surface area contributed by atoms with E-state index >= 15 is 0 Å². The van der Waals surface area contributed by atoms with Gasteiger partial charge in [-0.15, -0.1) is 0 Å². The van der Waals surface area contributed by atoms with Gasteiger partial charge >= 0.3 is 0 Å². The molecule has 0 amide bonds. The fourth-order valence-corrected chi connectivity index (χ4v) is 1.73. The van der Waals surface area contributed by atoms with Crippen molar-refractivity contribution in [1.29, 1.82) is 0 Å². The Morgan fingerprint density at radius 1 is 0.867 bits per heavy atom. The first kappa shape index (κ1) is 12.2. The number of benzene rings is 1. The van der Waals surface area contributed by atoms with E-state index in [-0.39, 0.29) is 0 Å². The Morgan fingerprint density at radius 3 is 2.27 bits per heavy atom. The Hall–Kier alpha value is -0.860. The molecular formula is C13H22N2. The molecule has 0 saturated heterocycles. The number of rotatable bonds is 8. The van der Waals surface area contributed by atoms with Crippen LogP contribution in [0.15, 0.2) is 30.3 Å². The van der Waals surface area contributed by atoms with Crippen molar-refractivity contribution in [1.82, 2.24) is 5.43 Å². The highest BCUT2D eigenvalue weighted by molar-refractivity contribution is 5.14. The van der Waals surface area contributed by atoms with E-state index in [1.54, 1.807) is 0 Å². The van der Waals surface area contributed by atoms with Gasteiger partial charge in [-0.25, -0.2) is 0 Å². The van der Waals surface area contributed by atoms with Gasteiger partial charge in [-0.2, -0.15) is 0 Å². The van der Waals surface area contributed by atoms with Crippen molar-refractivity contribution in [2.45, 2.75) is 38.5 Å². The average Bonchev–Trinajstić information content (AvgIpc) is 2.29. The number of nitrogens with two attached hydrogens (primary N) is 1. The van der Waals surface area contributed by atoms with Crippen LogP contribution >= 0.6 is 0 Å². The maximum Gasteiger partial charge on any atom is 0.00974 e. The molecule has 3 N–H and O–H groups in total. The Balaban J connectivity index is 1.93. The normalized spacial score (nSPS) is 10.5. The Bertz CT molecular complexity index is 234. The number of aryl methyl sites for hydroxylation is 1. The molecule has 1 aromatic carbocycles. The first-order valence-corrected chi connectivity index (χ1v) is 5.91. The molecule has 0 atom stereocenters. The molecule has 2 heteroatoms. The summed E-state index contributed by atoms with van der Waals surface area (Å²) in [5.74, 6) is 5.20. The predicted octanol–water partition coefficient (Wildman–Crippen LogP) is 2.64. The summed E-state index contributed by atoms with van der Waals surface area (Å²) in [6, 6.07) is 10.7. The maximum atomic E-state index is 5.20. The number of hydrogen-bond acceptors (Lipinski definition) is 2. The molecule has 1 aromatic rings. The third-order valence-electron chi connectivity index (χ3n) is 2.63. The van der Waals surface area contributed by atoms with E-state index in [2.05, 4.69) is 35.8 Å². The smallest absolute Gasteiger partial charge is 0.00974 e. The highest BCUT2D eigenvalue weighted by Gasteiger charge is 1.92. The highest BCUT2D eigenvalue weighted by atomic mass is 15.2. The van der Waals surface area contributed by atoms with Crippen molar-refractivity contribution in [3.8, 4) is 0 Å². The minimum Gasteiger partial charge on any atom is -0.271 e. The molecule has 1 rings (SSSR count). The molecule has 0 unspecified atom stereocenters. The fraction of sp³-hybridized carbons (Fsp3) is 0.538. The van der Waals surface area contributed by atoms with Gasteiger partial charge in [0.15, 0.2) is 0 Å². The zero-order valence-electron chi connectivity index (χ0n) is 9.41. The standard InChI is InChI=1S/C13H22N2/c14-15-12-8-3-1-2-5-9-13-10-6-4-7-11-13/h4,6-7,10-11,15H,1-3,5,8-9,12,14H2. The molecule has 0 aliphatic rings. The molecule has 0 radical (unpaired) electrons. The van der Waals surface area contributed by atoms with Crippen LogP contribution in [0.4, 0.5) is 0 Å². The minimum atomic E-state index is 0.943. The van der Waals surface area contributed by atoms with Crippen molar-refractivity contribution < 1.29 is 0 Å². The van der Waals surface area contributed by atoms with Crippen molar-refractivity contribution in [3.63, 3.8) is 0 Å². The SMILES string of the molecule is NNCCCCCCCc1ccccc1. The molecule has 0 aliphatic heterocycles. The van der Waals surface area contributed by atoms with Gasteiger partial charge in [-0.1, -0.05) is 49.6 Å². The van der Waals surface area contributed by atoms with E-state index in [1.165, 1.54) is 44.1 Å². The summed E-state index contributed by atoms with van der Waals surface area (Å²) in [5.41, 5.74) is 4.14. The molecule has 0 spiro atoms. The van der Waals surface area contributed by atoms with Gasteiger partial charge in [-0.3, -0.25) is 11.3 Å². The van der Waals surface area contributed by atoms with Crippen LogP contribution in [0, 0.1) is 0 Å². The second-order valence-corrected chi connectivity index (χ2v) is 3.96. The molecule has 2 nitrogen and oxygen atoms in total. The summed E-state index contributed by atoms with van der Waals surface area (Å²) < 4.78 is 0. The first-order valence-electron chi connectivity index (χ1n) is 5.91. The zero-order valence-corrected chi connectivity index (χ0v) is 9.41. The van der Waals surface area contributed by atoms with Gasteiger partial charge in [0, 0.05) is 6.54 Å². The largest absolute Gasteiger partial charge is 0.271 e. The maximum absolute atomic E-state index is 5.20. The lowest BCUT2D eigenvalue weighted by molar-refractivity contribution is 0.584. The summed E-state index contributed by atoms with van der Waals surface area (Å²) in [7, 11) is 0. The van der Waals surface area contributed by atoms with Gasteiger partial charge in [-0.05, 0) is 24.8 Å². The molecule has 0 bridgehead atoms. The topological polar surface area (TPSA) is 38.0 Å². The molecule has 0 aromatic heterocycles. The average molecular weight is 206 g/mol. The Morgan fingerprint density at radius 2 is 1.53 bits per heavy atom. The van der Waals surface area contributed by atoms with Crippen LogP contribution < -0.4 is 11.3 Å². The third kappa shape index (κ3) is 6.26. The van der Waals surface area contributed by atoms with Crippen molar-refractivity contribution in [2.24, 2.45) is 5.84 Å². The van der Waals surface area contributed by atoms with Crippen LogP contribution in [0.1, 0.15) is 37.7 Å². The molecular weight excluding hydrogens is 184 g/mol. The molecule has 0 heterocycles. The fourth-order valence-electron chi connectivity index (χ4n) is 1.73. The number of unbranched alkanes of at least 4 members (excludes halogenated alkanes) is 4. The lowest BCUT2D eigenvalue weighted by Gasteiger charge is -2.02. The van der Waals surface area contributed by atoms with E-state index in [1.807, 2.05) is 0 Å². The zero-order chi connectivity index (χ0) is 10.8. The number of hydrazine groups is 1. The van der Waals surface area contributed by atoms with Gasteiger partial charge < -0.3 is 0 Å². The molecule has 15 heavy (non-hydrogen) atoms. The Labute approximate surface area is 92.8 Å². The summed E-state index contributed by atoms with van der Waals surface area (Å²) in [4.78, 5) is 0. The van der Waals surface area contributed by atoms with Crippen LogP contribution in [0.2, 0.25) is 0 Å². The van der Waals surface area contributed by atoms with E-state index in [4.69, 9.17) is 5.84 Å². The highest BCUT2D eigenvalue weighted by Crippen LogP contribution is 2.08. The third-order valence-corrected chi connectivity index (χ3v) is 2.63. The van der Waals surface area contributed by atoms with Gasteiger partial charge in [0.1, 0.15) is 0 Å². The summed E-state index contributed by atoms with van der Waals surface area (Å²) >= 11 is 0. The van der Waals surface area contributed by atoms with Gasteiger partial charge in [0.2, 0.25) is 0 Å². The molecule has 84 valence electrons. The number of hydrogen-bond donors (Lipinski definition) is 2. The van der Waals surface area contributed by atoms with E-state index in [0.717, 1.165) is 6.54 Å². The minimum absolute atomic E-state index is 0.943. The number of nitrogens with one attached hydrogen (secondary N) is 1. The molecule has 0 fully saturated rings. The summed E-state index contributed by atoms with van der Waals surface area (Å²) in [6.45, 7) is 0.943. The second-order valence-electron chi connectivity index (χ2n) is 3.96. The van der Waals surface area contributed by atoms with Crippen molar-refractivity contribution >= 4 is 0 Å². The Kier molecular flexibility index (Phi) is 6.88. The molecule has 0 aliphatic carbocycles. The summed E-state index contributed by atoms with van der Waals surface area (Å²) in [6.07, 6.45) is 7.67. The predicted molar refractivity (Wildman–Crippen MR) is 65.4 cm³/mol. The van der Waals surface area contributed by atoms with Gasteiger partial charge in [0.05, 0.1) is 0 Å². The van der Waals surface area contributed by atoms with Crippen molar-refractivity contribution in [2.75, 3.05) is 6.54 Å². The van der Waals surface area contributed by atoms with Crippen LogP contribution in [0.25, 0.3) is 0 Å². The van der Waals surface area contributed by atoms with Crippen LogP contribution in [-0.2, 0) is 6.42 Å². The van der Waals surface area contributed by atoms with Crippen LogP contribution in [-0.4, -0.2) is 6.54 Å². The van der Waals surface area contributed by atoms with E-state index in [0.29, 0.717) is 0 Å². The molecule has 0 saturated carbocycles. The van der Waals surface area contributed by atoms with E-state index < -0.39 is 0 Å². The lowest BCUT2D eigenvalue weighted by Crippen LogP contribution is -2.22. The van der Waals surface area contributed by atoms with Crippen LogP contribution in [0.3, 0.4) is 0 Å². The van der Waals surface area contributed by atoms with E-state index in [9.17, 15) is 0 Å². The lowest BCUT2D eigenvalue weighted by atomic mass is 10.1. The van der Waals surface area contributed by atoms with Gasteiger partial charge in [0.25, 0.3) is 0 Å². The first-order chi connectivity index (χ1) is 7.43. The van der Waals surface area contributed by atoms with Crippen molar-refractivity contribution in [3.05, 3.63) is 35.9 Å². The monoisotopic (exact) mass is 206 g/mol. The second kappa shape index (κ2) is 8.45. The van der Waals surface area contributed by atoms with Crippen LogP contribution in [0.5, 0.6) is 0 Å².